The van der Waals surface area contributed by atoms with E-state index in [9.17, 15) is 4.79 Å². The number of carbonyl (C=O) groups excluding carboxylic acids is 1. The van der Waals surface area contributed by atoms with E-state index < -0.39 is 0 Å². The van der Waals surface area contributed by atoms with Crippen LogP contribution in [0.2, 0.25) is 0 Å². The molecule has 2 aromatic carbocycles. The molecule has 0 aliphatic carbocycles. The Hall–Kier alpha value is -3.02. The number of rotatable bonds is 2. The van der Waals surface area contributed by atoms with Crippen LogP contribution in [-0.4, -0.2) is 40.2 Å². The number of aromatic nitrogens is 2. The number of hydrogen-bond donors (Lipinski definition) is 0. The van der Waals surface area contributed by atoms with Gasteiger partial charge in [0.15, 0.2) is 11.5 Å². The number of ether oxygens (including phenoxy) is 2. The maximum absolute atomic E-state index is 12.8. The Kier molecular flexibility index (Phi) is 3.16. The number of amides is 1. The monoisotopic (exact) mass is 335 g/mol. The van der Waals surface area contributed by atoms with Gasteiger partial charge in [0.25, 0.3) is 5.91 Å². The average molecular weight is 335 g/mol. The topological polar surface area (TPSA) is 56.6 Å². The van der Waals surface area contributed by atoms with Gasteiger partial charge in [-0.15, -0.1) is 0 Å². The molecule has 25 heavy (non-hydrogen) atoms. The summed E-state index contributed by atoms with van der Waals surface area (Å²) in [4.78, 5) is 19.2. The number of likely N-dealkylation sites (tertiary alicyclic amines) is 1. The maximum Gasteiger partial charge on any atom is 0.254 e. The third-order valence-corrected chi connectivity index (χ3v) is 4.94. The number of para-hydroxylation sites is 2. The lowest BCUT2D eigenvalue weighted by molar-refractivity contribution is 0.0787. The minimum Gasteiger partial charge on any atom is -0.454 e. The number of nitrogens with zero attached hydrogens (tertiary/aromatic N) is 3. The van der Waals surface area contributed by atoms with Crippen LogP contribution in [0.1, 0.15) is 22.8 Å². The van der Waals surface area contributed by atoms with Crippen molar-refractivity contribution >= 4 is 16.9 Å². The lowest BCUT2D eigenvalue weighted by Gasteiger charge is -2.17. The quantitative estimate of drug-likeness (QED) is 0.723. The summed E-state index contributed by atoms with van der Waals surface area (Å²) in [5.74, 6) is 1.37. The van der Waals surface area contributed by atoms with Crippen LogP contribution in [0.5, 0.6) is 11.5 Å². The van der Waals surface area contributed by atoms with Gasteiger partial charge >= 0.3 is 0 Å². The second-order valence-corrected chi connectivity index (χ2v) is 6.40. The Balaban J connectivity index is 1.37. The van der Waals surface area contributed by atoms with E-state index in [1.807, 2.05) is 29.4 Å². The van der Waals surface area contributed by atoms with Crippen LogP contribution in [0.4, 0.5) is 0 Å². The Morgan fingerprint density at radius 3 is 2.96 bits per heavy atom. The van der Waals surface area contributed by atoms with Crippen molar-refractivity contribution in [1.29, 1.82) is 0 Å². The summed E-state index contributed by atoms with van der Waals surface area (Å²) < 4.78 is 12.9. The molecule has 0 radical (unpaired) electrons. The fourth-order valence-electron chi connectivity index (χ4n) is 3.63. The van der Waals surface area contributed by atoms with Crippen LogP contribution in [0.25, 0.3) is 11.0 Å². The second-order valence-electron chi connectivity index (χ2n) is 6.40. The van der Waals surface area contributed by atoms with E-state index in [1.165, 1.54) is 0 Å². The Labute approximate surface area is 144 Å². The molecule has 0 bridgehead atoms. The highest BCUT2D eigenvalue weighted by Crippen LogP contribution is 2.33. The Bertz CT molecular complexity index is 965. The van der Waals surface area contributed by atoms with Crippen LogP contribution in [-0.2, 0) is 0 Å². The van der Waals surface area contributed by atoms with E-state index >= 15 is 0 Å². The standard InChI is InChI=1S/C19H17N3O3/c23-19(13-5-6-17-18(9-13)25-12-24-17)21-8-7-14(10-21)22-11-20-15-3-1-2-4-16(15)22/h1-6,9,11,14H,7-8,10,12H2/t14-/m0/s1. The summed E-state index contributed by atoms with van der Waals surface area (Å²) in [7, 11) is 0. The summed E-state index contributed by atoms with van der Waals surface area (Å²) in [6.07, 6.45) is 2.81. The first-order chi connectivity index (χ1) is 12.3. The number of carbonyl (C=O) groups is 1. The second kappa shape index (κ2) is 5.51. The van der Waals surface area contributed by atoms with Crippen molar-refractivity contribution in [2.24, 2.45) is 0 Å². The molecule has 3 aromatic rings. The first kappa shape index (κ1) is 14.3. The normalized spacial score (nSPS) is 18.9. The summed E-state index contributed by atoms with van der Waals surface area (Å²) in [5, 5.41) is 0. The van der Waals surface area contributed by atoms with Gasteiger partial charge in [0.1, 0.15) is 0 Å². The molecule has 1 atom stereocenters. The van der Waals surface area contributed by atoms with Crippen LogP contribution in [0.3, 0.4) is 0 Å². The van der Waals surface area contributed by atoms with Crippen LogP contribution < -0.4 is 9.47 Å². The lowest BCUT2D eigenvalue weighted by Crippen LogP contribution is -2.29. The van der Waals surface area contributed by atoms with E-state index in [-0.39, 0.29) is 18.7 Å². The van der Waals surface area contributed by atoms with Gasteiger partial charge in [-0.25, -0.2) is 4.98 Å². The van der Waals surface area contributed by atoms with Crippen LogP contribution in [0.15, 0.2) is 48.8 Å². The molecule has 2 aliphatic heterocycles. The number of fused-ring (bicyclic) bond motifs is 2. The highest BCUT2D eigenvalue weighted by molar-refractivity contribution is 5.95. The van der Waals surface area contributed by atoms with Crippen molar-refractivity contribution in [3.05, 3.63) is 54.4 Å². The summed E-state index contributed by atoms with van der Waals surface area (Å²) in [6, 6.07) is 13.7. The average Bonchev–Trinajstić information content (AvgIpc) is 3.38. The van der Waals surface area contributed by atoms with Crippen molar-refractivity contribution in [2.75, 3.05) is 19.9 Å². The molecular weight excluding hydrogens is 318 g/mol. The molecule has 1 amide bonds. The van der Waals surface area contributed by atoms with Gasteiger partial charge in [0, 0.05) is 18.7 Å². The molecule has 6 heteroatoms. The van der Waals surface area contributed by atoms with Gasteiger partial charge < -0.3 is 18.9 Å². The Morgan fingerprint density at radius 1 is 1.12 bits per heavy atom. The molecule has 1 saturated heterocycles. The molecule has 5 rings (SSSR count). The van der Waals surface area contributed by atoms with Crippen molar-refractivity contribution in [3.8, 4) is 11.5 Å². The van der Waals surface area contributed by atoms with Crippen LogP contribution in [0, 0.1) is 0 Å². The zero-order chi connectivity index (χ0) is 16.8. The van der Waals surface area contributed by atoms with Gasteiger partial charge in [0.05, 0.1) is 23.4 Å². The fraction of sp³-hybridized carbons (Fsp3) is 0.263. The maximum atomic E-state index is 12.8. The lowest BCUT2D eigenvalue weighted by atomic mass is 10.2. The van der Waals surface area contributed by atoms with Crippen molar-refractivity contribution in [3.63, 3.8) is 0 Å². The van der Waals surface area contributed by atoms with Crippen molar-refractivity contribution in [1.82, 2.24) is 14.5 Å². The predicted molar refractivity (Wildman–Crippen MR) is 91.9 cm³/mol. The number of hydrogen-bond acceptors (Lipinski definition) is 4. The molecule has 6 nitrogen and oxygen atoms in total. The third-order valence-electron chi connectivity index (χ3n) is 4.94. The minimum absolute atomic E-state index is 0.0326. The molecular formula is C19H17N3O3. The minimum atomic E-state index is 0.0326. The molecule has 1 fully saturated rings. The van der Waals surface area contributed by atoms with Gasteiger partial charge in [0.2, 0.25) is 6.79 Å². The first-order valence-corrected chi connectivity index (χ1v) is 8.40. The smallest absolute Gasteiger partial charge is 0.254 e. The van der Waals surface area contributed by atoms with Crippen molar-refractivity contribution < 1.29 is 14.3 Å². The SMILES string of the molecule is O=C(c1ccc2c(c1)OCO2)N1CC[C@H](n2cnc3ccccc32)C1. The van der Waals surface area contributed by atoms with E-state index in [0.717, 1.165) is 24.0 Å². The first-order valence-electron chi connectivity index (χ1n) is 8.40. The zero-order valence-electron chi connectivity index (χ0n) is 13.6. The predicted octanol–water partition coefficient (Wildman–Crippen LogP) is 2.85. The van der Waals surface area contributed by atoms with E-state index in [0.29, 0.717) is 23.6 Å². The number of imidazole rings is 1. The van der Waals surface area contributed by atoms with Gasteiger partial charge in [-0.05, 0) is 36.8 Å². The fourth-order valence-corrected chi connectivity index (χ4v) is 3.63. The molecule has 0 N–H and O–H groups in total. The van der Waals surface area contributed by atoms with E-state index in [2.05, 4.69) is 15.6 Å². The molecule has 126 valence electrons. The van der Waals surface area contributed by atoms with Gasteiger partial charge in [-0.3, -0.25) is 4.79 Å². The van der Waals surface area contributed by atoms with Gasteiger partial charge in [-0.2, -0.15) is 0 Å². The van der Waals surface area contributed by atoms with E-state index in [4.69, 9.17) is 9.47 Å². The molecule has 1 aromatic heterocycles. The van der Waals surface area contributed by atoms with Crippen LogP contribution >= 0.6 is 0 Å². The Morgan fingerprint density at radius 2 is 2.00 bits per heavy atom. The molecule has 0 spiro atoms. The molecule has 0 unspecified atom stereocenters. The summed E-state index contributed by atoms with van der Waals surface area (Å²) in [5.41, 5.74) is 2.74. The van der Waals surface area contributed by atoms with E-state index in [1.54, 1.807) is 18.2 Å². The third kappa shape index (κ3) is 2.33. The summed E-state index contributed by atoms with van der Waals surface area (Å²) >= 11 is 0. The van der Waals surface area contributed by atoms with Gasteiger partial charge in [-0.1, -0.05) is 12.1 Å². The zero-order valence-corrected chi connectivity index (χ0v) is 13.6. The molecule has 3 heterocycles. The highest BCUT2D eigenvalue weighted by Gasteiger charge is 2.29. The molecule has 2 aliphatic rings. The number of benzene rings is 2. The summed E-state index contributed by atoms with van der Waals surface area (Å²) in [6.45, 7) is 1.64. The molecule has 0 saturated carbocycles. The highest BCUT2D eigenvalue weighted by atomic mass is 16.7. The largest absolute Gasteiger partial charge is 0.454 e. The van der Waals surface area contributed by atoms with Crippen molar-refractivity contribution in [2.45, 2.75) is 12.5 Å².